The van der Waals surface area contributed by atoms with Crippen LogP contribution in [-0.2, 0) is 10.3 Å². The average molecular weight is 318 g/mol. The lowest BCUT2D eigenvalue weighted by Gasteiger charge is -2.35. The van der Waals surface area contributed by atoms with Crippen molar-refractivity contribution in [1.82, 2.24) is 0 Å². The Balaban J connectivity index is 2.28. The molecule has 128 valence electrons. The molecule has 0 bridgehead atoms. The number of nitrogens with one attached hydrogen (secondary N) is 1. The highest BCUT2D eigenvalue weighted by atomic mass is 16.6. The van der Waals surface area contributed by atoms with Crippen LogP contribution in [0.5, 0.6) is 0 Å². The molecule has 1 saturated carbocycles. The van der Waals surface area contributed by atoms with E-state index in [-0.39, 0.29) is 5.54 Å². The minimum Gasteiger partial charge on any atom is -0.444 e. The fraction of sp³-hybridized carbons (Fsp3) is 0.632. The molecule has 0 unspecified atom stereocenters. The Bertz CT molecular complexity index is 582. The molecule has 1 amide bonds. The molecular weight excluding hydrogens is 288 g/mol. The predicted octanol–water partition coefficient (Wildman–Crippen LogP) is 4.77. The third-order valence-electron chi connectivity index (χ3n) is 4.62. The lowest BCUT2D eigenvalue weighted by Crippen LogP contribution is -2.38. The Morgan fingerprint density at radius 1 is 1.17 bits per heavy atom. The van der Waals surface area contributed by atoms with Crippen molar-refractivity contribution in [3.8, 4) is 0 Å². The van der Waals surface area contributed by atoms with Crippen LogP contribution in [0.15, 0.2) is 12.1 Å². The molecule has 0 saturated heterocycles. The maximum absolute atomic E-state index is 12.1. The van der Waals surface area contributed by atoms with Gasteiger partial charge in [-0.15, -0.1) is 0 Å². The molecule has 1 fully saturated rings. The van der Waals surface area contributed by atoms with Crippen molar-refractivity contribution in [2.45, 2.75) is 77.9 Å². The number of ether oxygens (including phenoxy) is 1. The monoisotopic (exact) mass is 318 g/mol. The number of nitrogens with two attached hydrogens (primary N) is 1. The van der Waals surface area contributed by atoms with E-state index in [9.17, 15) is 4.79 Å². The smallest absolute Gasteiger partial charge is 0.412 e. The Morgan fingerprint density at radius 2 is 1.78 bits per heavy atom. The fourth-order valence-electron chi connectivity index (χ4n) is 3.16. The van der Waals surface area contributed by atoms with E-state index in [1.165, 1.54) is 6.42 Å². The first-order valence-corrected chi connectivity index (χ1v) is 8.51. The summed E-state index contributed by atoms with van der Waals surface area (Å²) >= 11 is 0. The maximum atomic E-state index is 12.1. The molecule has 1 aromatic rings. The summed E-state index contributed by atoms with van der Waals surface area (Å²) in [5, 5.41) is 2.89. The largest absolute Gasteiger partial charge is 0.444 e. The highest BCUT2D eigenvalue weighted by molar-refractivity contribution is 5.86. The SMILES string of the molecule is Cc1cc(C2(N)CCCCC2)cc(NC(=O)OC(C)(C)C)c1C. The second-order valence-corrected chi connectivity index (χ2v) is 7.81. The van der Waals surface area contributed by atoms with Gasteiger partial charge < -0.3 is 10.5 Å². The topological polar surface area (TPSA) is 64.3 Å². The number of hydrogen-bond donors (Lipinski definition) is 2. The van der Waals surface area contributed by atoms with Crippen molar-refractivity contribution in [3.63, 3.8) is 0 Å². The summed E-state index contributed by atoms with van der Waals surface area (Å²) < 4.78 is 5.37. The van der Waals surface area contributed by atoms with E-state index in [1.54, 1.807) is 0 Å². The van der Waals surface area contributed by atoms with Gasteiger partial charge in [-0.2, -0.15) is 0 Å². The lowest BCUT2D eigenvalue weighted by molar-refractivity contribution is 0.0636. The maximum Gasteiger partial charge on any atom is 0.412 e. The molecular formula is C19H30N2O2. The molecule has 23 heavy (non-hydrogen) atoms. The Labute approximate surface area is 139 Å². The van der Waals surface area contributed by atoms with Gasteiger partial charge >= 0.3 is 6.09 Å². The molecule has 3 N–H and O–H groups in total. The van der Waals surface area contributed by atoms with Crippen molar-refractivity contribution in [3.05, 3.63) is 28.8 Å². The molecule has 1 aliphatic carbocycles. The van der Waals surface area contributed by atoms with Gasteiger partial charge in [0, 0.05) is 11.2 Å². The summed E-state index contributed by atoms with van der Waals surface area (Å²) in [4.78, 5) is 12.1. The van der Waals surface area contributed by atoms with Crippen LogP contribution in [0.25, 0.3) is 0 Å². The average Bonchev–Trinajstić information content (AvgIpc) is 2.42. The van der Waals surface area contributed by atoms with Gasteiger partial charge in [0.25, 0.3) is 0 Å². The normalized spacial score (nSPS) is 17.7. The van der Waals surface area contributed by atoms with Crippen molar-refractivity contribution in [2.24, 2.45) is 5.73 Å². The van der Waals surface area contributed by atoms with E-state index < -0.39 is 11.7 Å². The van der Waals surface area contributed by atoms with Gasteiger partial charge in [-0.05, 0) is 70.2 Å². The second kappa shape index (κ2) is 6.52. The number of aryl methyl sites for hydroxylation is 1. The second-order valence-electron chi connectivity index (χ2n) is 7.81. The zero-order valence-corrected chi connectivity index (χ0v) is 15.1. The van der Waals surface area contributed by atoms with Crippen LogP contribution >= 0.6 is 0 Å². The van der Waals surface area contributed by atoms with Gasteiger partial charge in [0.1, 0.15) is 5.60 Å². The third-order valence-corrected chi connectivity index (χ3v) is 4.62. The number of benzene rings is 1. The Morgan fingerprint density at radius 3 is 2.35 bits per heavy atom. The quantitative estimate of drug-likeness (QED) is 0.825. The van der Waals surface area contributed by atoms with Crippen molar-refractivity contribution in [2.75, 3.05) is 5.32 Å². The number of anilines is 1. The molecule has 0 atom stereocenters. The zero-order chi connectivity index (χ0) is 17.3. The molecule has 1 aromatic carbocycles. The van der Waals surface area contributed by atoms with Crippen molar-refractivity contribution < 1.29 is 9.53 Å². The molecule has 0 aromatic heterocycles. The van der Waals surface area contributed by atoms with Gasteiger partial charge in [-0.1, -0.05) is 25.3 Å². The summed E-state index contributed by atoms with van der Waals surface area (Å²) in [6.45, 7) is 9.65. The van der Waals surface area contributed by atoms with E-state index in [0.29, 0.717) is 0 Å². The standard InChI is InChI=1S/C19H30N2O2/c1-13-11-15(19(20)9-7-6-8-10-19)12-16(14(13)2)21-17(22)23-18(3,4)5/h11-12H,6-10,20H2,1-5H3,(H,21,22). The van der Waals surface area contributed by atoms with Crippen LogP contribution in [-0.4, -0.2) is 11.7 Å². The van der Waals surface area contributed by atoms with Crippen LogP contribution in [0.3, 0.4) is 0 Å². The minimum absolute atomic E-state index is 0.277. The third kappa shape index (κ3) is 4.47. The van der Waals surface area contributed by atoms with E-state index in [0.717, 1.165) is 48.1 Å². The number of hydrogen-bond acceptors (Lipinski definition) is 3. The summed E-state index contributed by atoms with van der Waals surface area (Å²) in [6, 6.07) is 4.19. The highest BCUT2D eigenvalue weighted by Crippen LogP contribution is 2.37. The van der Waals surface area contributed by atoms with Crippen molar-refractivity contribution >= 4 is 11.8 Å². The first-order chi connectivity index (χ1) is 10.6. The molecule has 0 aliphatic heterocycles. The van der Waals surface area contributed by atoms with E-state index >= 15 is 0 Å². The van der Waals surface area contributed by atoms with Crippen LogP contribution < -0.4 is 11.1 Å². The first kappa shape index (κ1) is 17.8. The minimum atomic E-state index is -0.511. The molecule has 0 radical (unpaired) electrons. The van der Waals surface area contributed by atoms with E-state index in [4.69, 9.17) is 10.5 Å². The van der Waals surface area contributed by atoms with Crippen LogP contribution in [0.1, 0.15) is 69.6 Å². The van der Waals surface area contributed by atoms with Crippen LogP contribution in [0.4, 0.5) is 10.5 Å². The molecule has 0 heterocycles. The lowest BCUT2D eigenvalue weighted by atomic mass is 9.76. The molecule has 2 rings (SSSR count). The molecule has 0 spiro atoms. The van der Waals surface area contributed by atoms with Gasteiger partial charge in [-0.25, -0.2) is 4.79 Å². The van der Waals surface area contributed by atoms with Crippen LogP contribution in [0.2, 0.25) is 0 Å². The van der Waals surface area contributed by atoms with E-state index in [2.05, 4.69) is 18.3 Å². The number of amides is 1. The van der Waals surface area contributed by atoms with E-state index in [1.807, 2.05) is 33.8 Å². The Hall–Kier alpha value is -1.55. The zero-order valence-electron chi connectivity index (χ0n) is 15.1. The van der Waals surface area contributed by atoms with Gasteiger partial charge in [0.15, 0.2) is 0 Å². The van der Waals surface area contributed by atoms with Crippen molar-refractivity contribution in [1.29, 1.82) is 0 Å². The van der Waals surface area contributed by atoms with Crippen LogP contribution in [0, 0.1) is 13.8 Å². The first-order valence-electron chi connectivity index (χ1n) is 8.51. The highest BCUT2D eigenvalue weighted by Gasteiger charge is 2.30. The van der Waals surface area contributed by atoms with Gasteiger partial charge in [-0.3, -0.25) is 5.32 Å². The number of carbonyl (C=O) groups is 1. The summed E-state index contributed by atoms with van der Waals surface area (Å²) in [5.41, 5.74) is 9.98. The van der Waals surface area contributed by atoms with Gasteiger partial charge in [0.05, 0.1) is 0 Å². The molecule has 4 nitrogen and oxygen atoms in total. The number of carbonyl (C=O) groups excluding carboxylic acids is 1. The fourth-order valence-corrected chi connectivity index (χ4v) is 3.16. The predicted molar refractivity (Wildman–Crippen MR) is 94.7 cm³/mol. The van der Waals surface area contributed by atoms with Gasteiger partial charge in [0.2, 0.25) is 0 Å². The summed E-state index contributed by atoms with van der Waals surface area (Å²) in [7, 11) is 0. The number of rotatable bonds is 2. The Kier molecular flexibility index (Phi) is 5.04. The molecule has 4 heteroatoms. The summed E-state index contributed by atoms with van der Waals surface area (Å²) in [6.07, 6.45) is 5.17. The summed E-state index contributed by atoms with van der Waals surface area (Å²) in [5.74, 6) is 0. The molecule has 1 aliphatic rings.